The lowest BCUT2D eigenvalue weighted by molar-refractivity contribution is -0.139. The molecule has 168 valence electrons. The average Bonchev–Trinajstić information content (AvgIpc) is 2.78. The zero-order chi connectivity index (χ0) is 23.1. The summed E-state index contributed by atoms with van der Waals surface area (Å²) in [4.78, 5) is 15.6. The molecular weight excluding hydrogens is 430 g/mol. The number of pyridine rings is 1. The van der Waals surface area contributed by atoms with E-state index in [0.717, 1.165) is 28.1 Å². The lowest BCUT2D eigenvalue weighted by Gasteiger charge is -2.20. The van der Waals surface area contributed by atoms with Crippen molar-refractivity contribution in [2.24, 2.45) is 0 Å². The van der Waals surface area contributed by atoms with Gasteiger partial charge in [-0.25, -0.2) is 9.78 Å². The molecule has 1 atom stereocenters. The fraction of sp³-hybridized carbons (Fsp3) is 0.280. The summed E-state index contributed by atoms with van der Waals surface area (Å²) in [6, 6.07) is 16.9. The molecule has 6 nitrogen and oxygen atoms in total. The second-order valence-corrected chi connectivity index (χ2v) is 7.69. The van der Waals surface area contributed by atoms with Gasteiger partial charge >= 0.3 is 5.97 Å². The normalized spacial score (nSPS) is 11.8. The number of hydrogen-bond acceptors (Lipinski definition) is 5. The minimum atomic E-state index is -1.02. The maximum Gasteiger partial charge on any atom is 0.341 e. The quantitative estimate of drug-likeness (QED) is 0.426. The van der Waals surface area contributed by atoms with Crippen LogP contribution in [0.2, 0.25) is 5.02 Å². The standard InChI is InChI=1S/C25H26ClNO5/c1-4-30-14-24(32-19-9-11-23(17(3)13-19)31-15-25(28)29)22-7-5-6-21(27-22)18-8-10-20(26)16(2)12-18/h5-13,24H,4,14-15H2,1-3H3,(H,28,29)/t24-/m0/s1. The van der Waals surface area contributed by atoms with Crippen molar-refractivity contribution in [3.63, 3.8) is 0 Å². The van der Waals surface area contributed by atoms with Crippen LogP contribution < -0.4 is 9.47 Å². The molecule has 0 aliphatic rings. The molecule has 0 fully saturated rings. The molecule has 3 aromatic rings. The first-order valence-corrected chi connectivity index (χ1v) is 10.7. The molecule has 3 rings (SSSR count). The lowest BCUT2D eigenvalue weighted by atomic mass is 10.1. The van der Waals surface area contributed by atoms with Gasteiger partial charge < -0.3 is 19.3 Å². The molecule has 0 aliphatic heterocycles. The highest BCUT2D eigenvalue weighted by molar-refractivity contribution is 6.31. The van der Waals surface area contributed by atoms with Crippen LogP contribution in [-0.4, -0.2) is 35.9 Å². The maximum atomic E-state index is 10.7. The largest absolute Gasteiger partial charge is 0.482 e. The van der Waals surface area contributed by atoms with Crippen LogP contribution in [-0.2, 0) is 9.53 Å². The van der Waals surface area contributed by atoms with Crippen molar-refractivity contribution in [2.75, 3.05) is 19.8 Å². The number of carboxylic acids is 1. The molecule has 0 unspecified atom stereocenters. The van der Waals surface area contributed by atoms with Crippen LogP contribution in [0.4, 0.5) is 0 Å². The van der Waals surface area contributed by atoms with Gasteiger partial charge in [-0.2, -0.15) is 0 Å². The molecule has 0 radical (unpaired) electrons. The predicted molar refractivity (Wildman–Crippen MR) is 124 cm³/mol. The van der Waals surface area contributed by atoms with Crippen LogP contribution in [0, 0.1) is 13.8 Å². The fourth-order valence-corrected chi connectivity index (χ4v) is 3.28. The molecular formula is C25H26ClNO5. The van der Waals surface area contributed by atoms with E-state index >= 15 is 0 Å². The molecule has 0 saturated heterocycles. The minimum Gasteiger partial charge on any atom is -0.482 e. The number of benzene rings is 2. The Labute approximate surface area is 192 Å². The van der Waals surface area contributed by atoms with Gasteiger partial charge in [-0.05, 0) is 74.4 Å². The molecule has 0 amide bonds. The van der Waals surface area contributed by atoms with Crippen LogP contribution in [0.1, 0.15) is 29.8 Å². The average molecular weight is 456 g/mol. The van der Waals surface area contributed by atoms with E-state index in [1.807, 2.05) is 63.2 Å². The Balaban J connectivity index is 1.84. The van der Waals surface area contributed by atoms with Crippen molar-refractivity contribution in [1.82, 2.24) is 4.98 Å². The monoisotopic (exact) mass is 455 g/mol. The van der Waals surface area contributed by atoms with Crippen molar-refractivity contribution < 1.29 is 24.1 Å². The SMILES string of the molecule is CCOC[C@H](Oc1ccc(OCC(=O)O)c(C)c1)c1cccc(-c2ccc(Cl)c(C)c2)n1. The number of aromatic nitrogens is 1. The highest BCUT2D eigenvalue weighted by atomic mass is 35.5. The molecule has 7 heteroatoms. The second kappa shape index (κ2) is 11.0. The van der Waals surface area contributed by atoms with E-state index in [9.17, 15) is 4.79 Å². The van der Waals surface area contributed by atoms with E-state index in [1.54, 1.807) is 12.1 Å². The molecule has 32 heavy (non-hydrogen) atoms. The third-order valence-electron chi connectivity index (χ3n) is 4.80. The summed E-state index contributed by atoms with van der Waals surface area (Å²) >= 11 is 6.16. The third kappa shape index (κ3) is 6.22. The van der Waals surface area contributed by atoms with Gasteiger partial charge in [-0.3, -0.25) is 0 Å². The van der Waals surface area contributed by atoms with Gasteiger partial charge in [0.2, 0.25) is 0 Å². The van der Waals surface area contributed by atoms with Crippen molar-refractivity contribution in [1.29, 1.82) is 0 Å². The van der Waals surface area contributed by atoms with Gasteiger partial charge in [0.25, 0.3) is 0 Å². The summed E-state index contributed by atoms with van der Waals surface area (Å²) in [5, 5.41) is 9.52. The first-order chi connectivity index (χ1) is 15.4. The molecule has 0 aliphatic carbocycles. The maximum absolute atomic E-state index is 10.7. The van der Waals surface area contributed by atoms with Gasteiger partial charge in [-0.15, -0.1) is 0 Å². The Bertz CT molecular complexity index is 1090. The highest BCUT2D eigenvalue weighted by Crippen LogP contribution is 2.29. The van der Waals surface area contributed by atoms with E-state index in [-0.39, 0.29) is 0 Å². The summed E-state index contributed by atoms with van der Waals surface area (Å²) in [5.74, 6) is 0.0899. The fourth-order valence-electron chi connectivity index (χ4n) is 3.16. The van der Waals surface area contributed by atoms with Gasteiger partial charge in [0.15, 0.2) is 12.7 Å². The molecule has 1 heterocycles. The first kappa shape index (κ1) is 23.6. The molecule has 0 spiro atoms. The Hall–Kier alpha value is -3.09. The zero-order valence-electron chi connectivity index (χ0n) is 18.3. The van der Waals surface area contributed by atoms with E-state index in [2.05, 4.69) is 0 Å². The van der Waals surface area contributed by atoms with Crippen LogP contribution in [0.5, 0.6) is 11.5 Å². The minimum absolute atomic E-state index is 0.336. The topological polar surface area (TPSA) is 77.9 Å². The summed E-state index contributed by atoms with van der Waals surface area (Å²) in [6.45, 7) is 6.22. The van der Waals surface area contributed by atoms with Gasteiger partial charge in [0.05, 0.1) is 18.0 Å². The number of hydrogen-bond donors (Lipinski definition) is 1. The number of ether oxygens (including phenoxy) is 3. The third-order valence-corrected chi connectivity index (χ3v) is 5.23. The van der Waals surface area contributed by atoms with Crippen LogP contribution >= 0.6 is 11.6 Å². The molecule has 1 N–H and O–H groups in total. The predicted octanol–water partition coefficient (Wildman–Crippen LogP) is 5.64. The Morgan fingerprint density at radius 1 is 1.09 bits per heavy atom. The van der Waals surface area contributed by atoms with E-state index in [1.165, 1.54) is 0 Å². The summed E-state index contributed by atoms with van der Waals surface area (Å²) < 4.78 is 17.2. The Kier molecular flexibility index (Phi) is 8.09. The summed E-state index contributed by atoms with van der Waals surface area (Å²) in [7, 11) is 0. The van der Waals surface area contributed by atoms with Crippen molar-refractivity contribution in [3.8, 4) is 22.8 Å². The number of halogens is 1. The van der Waals surface area contributed by atoms with Gasteiger partial charge in [-0.1, -0.05) is 23.7 Å². The second-order valence-electron chi connectivity index (χ2n) is 7.29. The number of aliphatic carboxylic acids is 1. The van der Waals surface area contributed by atoms with Crippen LogP contribution in [0.15, 0.2) is 54.6 Å². The number of rotatable bonds is 10. The van der Waals surface area contributed by atoms with E-state index in [4.69, 9.17) is 35.9 Å². The number of carbonyl (C=O) groups is 1. The van der Waals surface area contributed by atoms with E-state index < -0.39 is 18.7 Å². The molecule has 1 aromatic heterocycles. The molecule has 2 aromatic carbocycles. The van der Waals surface area contributed by atoms with Crippen molar-refractivity contribution >= 4 is 17.6 Å². The first-order valence-electron chi connectivity index (χ1n) is 10.3. The van der Waals surface area contributed by atoms with Crippen LogP contribution in [0.3, 0.4) is 0 Å². The number of carboxylic acid groups (broad SMARTS) is 1. The van der Waals surface area contributed by atoms with Crippen LogP contribution in [0.25, 0.3) is 11.3 Å². The lowest BCUT2D eigenvalue weighted by Crippen LogP contribution is -2.16. The summed E-state index contributed by atoms with van der Waals surface area (Å²) in [6.07, 6.45) is -0.423. The molecule has 0 bridgehead atoms. The Morgan fingerprint density at radius 3 is 2.59 bits per heavy atom. The summed E-state index contributed by atoms with van der Waals surface area (Å²) in [5.41, 5.74) is 4.30. The van der Waals surface area contributed by atoms with Gasteiger partial charge in [0, 0.05) is 17.2 Å². The smallest absolute Gasteiger partial charge is 0.341 e. The van der Waals surface area contributed by atoms with E-state index in [0.29, 0.717) is 29.7 Å². The van der Waals surface area contributed by atoms with Gasteiger partial charge in [0.1, 0.15) is 11.5 Å². The number of aryl methyl sites for hydroxylation is 2. The van der Waals surface area contributed by atoms with Crippen molar-refractivity contribution in [3.05, 3.63) is 76.4 Å². The Morgan fingerprint density at radius 2 is 1.91 bits per heavy atom. The number of nitrogens with zero attached hydrogens (tertiary/aromatic N) is 1. The zero-order valence-corrected chi connectivity index (χ0v) is 19.1. The molecule has 0 saturated carbocycles. The highest BCUT2D eigenvalue weighted by Gasteiger charge is 2.17. The van der Waals surface area contributed by atoms with Crippen molar-refractivity contribution in [2.45, 2.75) is 26.9 Å².